The summed E-state index contributed by atoms with van der Waals surface area (Å²) >= 11 is 0. The average Bonchev–Trinajstić information content (AvgIpc) is 2.89. The van der Waals surface area contributed by atoms with E-state index in [0.717, 1.165) is 0 Å². The van der Waals surface area contributed by atoms with Gasteiger partial charge in [0.2, 0.25) is 0 Å². The Morgan fingerprint density at radius 1 is 1.27 bits per heavy atom. The average molecular weight is 308 g/mol. The molecule has 0 spiro atoms. The summed E-state index contributed by atoms with van der Waals surface area (Å²) in [5.74, 6) is 0.312. The molecule has 0 aromatic carbocycles. The number of oxazole rings is 1. The lowest BCUT2D eigenvalue weighted by Gasteiger charge is -2.23. The largest absolute Gasteiger partial charge is 0.460 e. The minimum absolute atomic E-state index is 0.0621. The normalized spacial score (nSPS) is 22.0. The molecule has 1 aliphatic rings. The van der Waals surface area contributed by atoms with E-state index in [2.05, 4.69) is 4.98 Å². The molecule has 1 aliphatic heterocycles. The van der Waals surface area contributed by atoms with Crippen molar-refractivity contribution in [3.8, 4) is 0 Å². The molecule has 1 aromatic rings. The molecule has 6 heteroatoms. The third-order valence-corrected chi connectivity index (χ3v) is 3.72. The lowest BCUT2D eigenvalue weighted by molar-refractivity contribution is -0.160. The van der Waals surface area contributed by atoms with Crippen molar-refractivity contribution < 1.29 is 18.7 Å². The molecule has 2 heterocycles. The van der Waals surface area contributed by atoms with Gasteiger partial charge >= 0.3 is 5.97 Å². The lowest BCUT2D eigenvalue weighted by Crippen LogP contribution is -2.33. The summed E-state index contributed by atoms with van der Waals surface area (Å²) in [7, 11) is 0. The fraction of sp³-hybridized carbons (Fsp3) is 0.688. The molecule has 1 amide bonds. The fourth-order valence-corrected chi connectivity index (χ4v) is 2.69. The van der Waals surface area contributed by atoms with Gasteiger partial charge in [-0.2, -0.15) is 0 Å². The van der Waals surface area contributed by atoms with E-state index >= 15 is 0 Å². The Balaban J connectivity index is 2.09. The molecule has 6 nitrogen and oxygen atoms in total. The maximum absolute atomic E-state index is 12.5. The van der Waals surface area contributed by atoms with E-state index in [1.54, 1.807) is 18.7 Å². The highest BCUT2D eigenvalue weighted by molar-refractivity contribution is 5.94. The maximum Gasteiger partial charge on any atom is 0.311 e. The van der Waals surface area contributed by atoms with E-state index in [9.17, 15) is 9.59 Å². The van der Waals surface area contributed by atoms with Crippen molar-refractivity contribution in [2.45, 2.75) is 47.1 Å². The molecule has 22 heavy (non-hydrogen) atoms. The molecule has 0 aliphatic carbocycles. The van der Waals surface area contributed by atoms with Crippen LogP contribution in [0.25, 0.3) is 0 Å². The number of likely N-dealkylation sites (tertiary alicyclic amines) is 1. The lowest BCUT2D eigenvalue weighted by atomic mass is 9.98. The van der Waals surface area contributed by atoms with Gasteiger partial charge in [-0.1, -0.05) is 6.92 Å². The highest BCUT2D eigenvalue weighted by atomic mass is 16.6. The van der Waals surface area contributed by atoms with Crippen LogP contribution in [0.3, 0.4) is 0 Å². The molecule has 2 atom stereocenters. The second-order valence-corrected chi connectivity index (χ2v) is 6.97. The van der Waals surface area contributed by atoms with Crippen LogP contribution in [0.5, 0.6) is 0 Å². The predicted octanol–water partition coefficient (Wildman–Crippen LogP) is 2.34. The first-order chi connectivity index (χ1) is 10.1. The van der Waals surface area contributed by atoms with Crippen LogP contribution in [0.4, 0.5) is 0 Å². The van der Waals surface area contributed by atoms with Crippen LogP contribution < -0.4 is 0 Å². The first kappa shape index (κ1) is 16.5. The van der Waals surface area contributed by atoms with Gasteiger partial charge in [0.25, 0.3) is 5.91 Å². The number of aryl methyl sites for hydroxylation is 2. The highest BCUT2D eigenvalue weighted by Gasteiger charge is 2.40. The van der Waals surface area contributed by atoms with Crippen molar-refractivity contribution in [3.05, 3.63) is 17.3 Å². The summed E-state index contributed by atoms with van der Waals surface area (Å²) in [6, 6.07) is 0. The van der Waals surface area contributed by atoms with Crippen LogP contribution in [-0.4, -0.2) is 40.5 Å². The van der Waals surface area contributed by atoms with Crippen LogP contribution in [0.2, 0.25) is 0 Å². The molecule has 122 valence electrons. The van der Waals surface area contributed by atoms with Crippen LogP contribution in [0.1, 0.15) is 49.8 Å². The minimum atomic E-state index is -0.520. The monoisotopic (exact) mass is 308 g/mol. The van der Waals surface area contributed by atoms with Gasteiger partial charge in [0, 0.05) is 20.0 Å². The third-order valence-electron chi connectivity index (χ3n) is 3.72. The summed E-state index contributed by atoms with van der Waals surface area (Å²) in [6.07, 6.45) is 0. The molecule has 0 N–H and O–H groups in total. The second kappa shape index (κ2) is 5.74. The van der Waals surface area contributed by atoms with Gasteiger partial charge in [-0.3, -0.25) is 9.59 Å². The number of hydrogen-bond donors (Lipinski definition) is 0. The van der Waals surface area contributed by atoms with Crippen molar-refractivity contribution in [1.82, 2.24) is 9.88 Å². The van der Waals surface area contributed by atoms with E-state index in [0.29, 0.717) is 30.4 Å². The number of amides is 1. The summed E-state index contributed by atoms with van der Waals surface area (Å²) in [5, 5.41) is 0. The molecule has 1 saturated heterocycles. The maximum atomic E-state index is 12.5. The van der Waals surface area contributed by atoms with E-state index in [-0.39, 0.29) is 23.7 Å². The standard InChI is InChI=1S/C16H24N2O4/c1-9-7-18(8-12(9)15(20)22-16(4,5)6)14(19)13-10(2)21-11(3)17-13/h9,12H,7-8H2,1-6H3/t9-,12-/m1/s1. The number of rotatable bonds is 2. The molecule has 1 aromatic heterocycles. The Kier molecular flexibility index (Phi) is 4.31. The quantitative estimate of drug-likeness (QED) is 0.784. The van der Waals surface area contributed by atoms with Crippen molar-refractivity contribution in [3.63, 3.8) is 0 Å². The zero-order chi connectivity index (χ0) is 16.7. The van der Waals surface area contributed by atoms with E-state index in [1.165, 1.54) is 0 Å². The summed E-state index contributed by atoms with van der Waals surface area (Å²) in [5.41, 5.74) is -0.192. The molecule has 0 radical (unpaired) electrons. The number of ether oxygens (including phenoxy) is 1. The van der Waals surface area contributed by atoms with Gasteiger partial charge < -0.3 is 14.1 Å². The van der Waals surface area contributed by atoms with Crippen LogP contribution in [0, 0.1) is 25.7 Å². The number of esters is 1. The van der Waals surface area contributed by atoms with Crippen LogP contribution >= 0.6 is 0 Å². The summed E-state index contributed by atoms with van der Waals surface area (Å²) in [6.45, 7) is 11.8. The predicted molar refractivity (Wildman–Crippen MR) is 80.4 cm³/mol. The summed E-state index contributed by atoms with van der Waals surface area (Å²) < 4.78 is 10.8. The topological polar surface area (TPSA) is 72.6 Å². The number of carbonyl (C=O) groups is 2. The van der Waals surface area contributed by atoms with E-state index in [1.807, 2.05) is 27.7 Å². The molecule has 0 unspecified atom stereocenters. The van der Waals surface area contributed by atoms with Gasteiger partial charge in [0.15, 0.2) is 11.6 Å². The Bertz CT molecular complexity index is 585. The van der Waals surface area contributed by atoms with Crippen molar-refractivity contribution in [2.24, 2.45) is 11.8 Å². The number of nitrogens with zero attached hydrogens (tertiary/aromatic N) is 2. The Hall–Kier alpha value is -1.85. The fourth-order valence-electron chi connectivity index (χ4n) is 2.69. The summed E-state index contributed by atoms with van der Waals surface area (Å²) in [4.78, 5) is 30.6. The van der Waals surface area contributed by atoms with Gasteiger partial charge in [-0.15, -0.1) is 0 Å². The number of aromatic nitrogens is 1. The smallest absolute Gasteiger partial charge is 0.311 e. The zero-order valence-electron chi connectivity index (χ0n) is 14.1. The molecule has 1 fully saturated rings. The van der Waals surface area contributed by atoms with Crippen LogP contribution in [0.15, 0.2) is 4.42 Å². The molecule has 2 rings (SSSR count). The van der Waals surface area contributed by atoms with Gasteiger partial charge in [-0.25, -0.2) is 4.98 Å². The molecule has 0 saturated carbocycles. The minimum Gasteiger partial charge on any atom is -0.460 e. The molecular formula is C16H24N2O4. The first-order valence-electron chi connectivity index (χ1n) is 7.54. The van der Waals surface area contributed by atoms with Gasteiger partial charge in [0.1, 0.15) is 11.4 Å². The Labute approximate surface area is 130 Å². The first-order valence-corrected chi connectivity index (χ1v) is 7.54. The van der Waals surface area contributed by atoms with Crippen molar-refractivity contribution in [2.75, 3.05) is 13.1 Å². The van der Waals surface area contributed by atoms with Crippen molar-refractivity contribution >= 4 is 11.9 Å². The Morgan fingerprint density at radius 3 is 2.41 bits per heavy atom. The number of carbonyl (C=O) groups excluding carboxylic acids is 2. The SMILES string of the molecule is Cc1nc(C(=O)N2C[C@@H](C)[C@H](C(=O)OC(C)(C)C)C2)c(C)o1. The van der Waals surface area contributed by atoms with Crippen LogP contribution in [-0.2, 0) is 9.53 Å². The Morgan fingerprint density at radius 2 is 1.91 bits per heavy atom. The molecule has 0 bridgehead atoms. The van der Waals surface area contributed by atoms with Crippen molar-refractivity contribution in [1.29, 1.82) is 0 Å². The zero-order valence-corrected chi connectivity index (χ0v) is 14.1. The third kappa shape index (κ3) is 3.48. The van der Waals surface area contributed by atoms with Gasteiger partial charge in [0.05, 0.1) is 5.92 Å². The van der Waals surface area contributed by atoms with E-state index < -0.39 is 5.60 Å². The molecular weight excluding hydrogens is 284 g/mol. The highest BCUT2D eigenvalue weighted by Crippen LogP contribution is 2.27. The van der Waals surface area contributed by atoms with E-state index in [4.69, 9.17) is 9.15 Å². The number of hydrogen-bond acceptors (Lipinski definition) is 5. The second-order valence-electron chi connectivity index (χ2n) is 6.97. The van der Waals surface area contributed by atoms with Gasteiger partial charge in [-0.05, 0) is 33.6 Å².